The maximum atomic E-state index is 7.42. The van der Waals surface area contributed by atoms with Gasteiger partial charge in [-0.2, -0.15) is 0 Å². The van der Waals surface area contributed by atoms with Gasteiger partial charge in [0.1, 0.15) is 34.5 Å². The maximum absolute atomic E-state index is 7.42. The van der Waals surface area contributed by atoms with Crippen LogP contribution in [0.1, 0.15) is 543 Å². The molecule has 12 heteroatoms. The quantitative estimate of drug-likeness (QED) is 0.0274. The zero-order valence-corrected chi connectivity index (χ0v) is 91.9. The Labute approximate surface area is 823 Å². The van der Waals surface area contributed by atoms with Crippen molar-refractivity contribution in [3.05, 3.63) is 176 Å². The summed E-state index contributed by atoms with van der Waals surface area (Å²) in [4.78, 5) is 0. The lowest BCUT2D eigenvalue weighted by molar-refractivity contribution is 0.256. The van der Waals surface area contributed by atoms with E-state index in [9.17, 15) is 0 Å². The van der Waals surface area contributed by atoms with Crippen LogP contribution in [0.25, 0.3) is 0 Å². The van der Waals surface area contributed by atoms with Crippen LogP contribution in [0.2, 0.25) is 0 Å². The monoisotopic (exact) mass is 1890 g/mol. The van der Waals surface area contributed by atoms with Gasteiger partial charge in [0.05, 0.1) is 19.8 Å². The molecule has 0 saturated heterocycles. The highest BCUT2D eigenvalue weighted by Gasteiger charge is 2.35. The fourth-order valence-electron chi connectivity index (χ4n) is 18.8. The van der Waals surface area contributed by atoms with Crippen LogP contribution in [0, 0.1) is 20.8 Å². The highest BCUT2D eigenvalue weighted by atomic mass is 31.2. The minimum Gasteiger partial charge on any atom is -0.418 e. The molecule has 0 amide bonds. The summed E-state index contributed by atoms with van der Waals surface area (Å²) in [5.74, 6) is 4.87. The average Bonchev–Trinajstić information content (AvgIpc) is 0.757. The molecule has 9 nitrogen and oxygen atoms in total. The summed E-state index contributed by atoms with van der Waals surface area (Å²) >= 11 is 0. The lowest BCUT2D eigenvalue weighted by atomic mass is 9.74. The van der Waals surface area contributed by atoms with Gasteiger partial charge in [-0.25, -0.2) is 0 Å². The molecule has 0 aromatic heterocycles. The first-order chi connectivity index (χ1) is 64.4. The van der Waals surface area contributed by atoms with Gasteiger partial charge < -0.3 is 27.1 Å². The Bertz CT molecular complexity index is 3780. The standard InChI is InChI=1S/C121H199O9P3/c1-20-26-32-38-44-47-50-53-59-65-71-86-122-131(125-106-83-74-80-103(93-106)77-68-62-56-41-35-29-23-4)128-116-90-100(8)109(96-113(116)119(11,12)13)99(7)89-112(110-97-114(120(14,15)16)117(91-101(110)9)129-132(123-87-72-66-60-54-51-48-45-39-33-27-21-2)126-107-84-75-81-104(94-107)78-69-63-57-42-36-30-24-5)111-98-115(121(17,18)19)118(92-102(111)10)130-133(124-88-73-67-61-55-52-49-46-40-34-28-22-3)127-108-85-76-82-105(95-108)79-70-64-58-43-37-31-25-6/h74-76,80-85,90-99,112H,20-73,77-79,86-89H2,1-19H3. The topological polar surface area (TPSA) is 83.1 Å². The molecule has 752 valence electrons. The van der Waals surface area contributed by atoms with E-state index in [2.05, 4.69) is 241 Å². The fraction of sp³-hybridized carbons (Fsp3) is 0.702. The number of unbranched alkanes of at least 4 members (excludes halogenated alkanes) is 48. The van der Waals surface area contributed by atoms with Crippen LogP contribution in [0.3, 0.4) is 0 Å². The van der Waals surface area contributed by atoms with Crippen LogP contribution >= 0.6 is 25.8 Å². The highest BCUT2D eigenvalue weighted by Crippen LogP contribution is 2.53. The normalized spacial score (nSPS) is 13.2. The number of hydrogen-bond donors (Lipinski definition) is 0. The van der Waals surface area contributed by atoms with Crippen LogP contribution in [0.4, 0.5) is 0 Å². The van der Waals surface area contributed by atoms with E-state index >= 15 is 0 Å². The molecule has 6 aromatic rings. The number of benzene rings is 6. The van der Waals surface area contributed by atoms with Crippen LogP contribution in [0.5, 0.6) is 34.5 Å². The van der Waals surface area contributed by atoms with Crippen molar-refractivity contribution in [2.45, 2.75) is 532 Å². The van der Waals surface area contributed by atoms with Crippen molar-refractivity contribution in [2.75, 3.05) is 19.8 Å². The van der Waals surface area contributed by atoms with Crippen molar-refractivity contribution in [3.63, 3.8) is 0 Å². The molecule has 0 bridgehead atoms. The van der Waals surface area contributed by atoms with Crippen molar-refractivity contribution in [2.24, 2.45) is 0 Å². The van der Waals surface area contributed by atoms with Crippen molar-refractivity contribution in [1.29, 1.82) is 0 Å². The summed E-state index contributed by atoms with van der Waals surface area (Å²) in [7, 11) is -5.54. The first kappa shape index (κ1) is 117. The summed E-state index contributed by atoms with van der Waals surface area (Å²) in [5, 5.41) is 0. The molecule has 6 aromatic carbocycles. The Kier molecular flexibility index (Phi) is 61.6. The minimum absolute atomic E-state index is 0.0783. The Hall–Kier alpha value is -4.71. The minimum atomic E-state index is -1.86. The van der Waals surface area contributed by atoms with Gasteiger partial charge in [0.2, 0.25) is 0 Å². The predicted molar refractivity (Wildman–Crippen MR) is 581 cm³/mol. The number of aryl methyl sites for hydroxylation is 6. The van der Waals surface area contributed by atoms with E-state index < -0.39 is 25.8 Å². The van der Waals surface area contributed by atoms with Gasteiger partial charge in [0.25, 0.3) is 0 Å². The van der Waals surface area contributed by atoms with E-state index in [4.69, 9.17) is 40.7 Å². The van der Waals surface area contributed by atoms with Gasteiger partial charge in [-0.05, 0) is 212 Å². The van der Waals surface area contributed by atoms with Crippen molar-refractivity contribution in [3.8, 4) is 34.5 Å². The Balaban J connectivity index is 1.45. The molecule has 0 N–H and O–H groups in total. The second-order valence-corrected chi connectivity index (χ2v) is 46.1. The van der Waals surface area contributed by atoms with Gasteiger partial charge in [-0.15, -0.1) is 0 Å². The Morgan fingerprint density at radius 1 is 0.241 bits per heavy atom. The van der Waals surface area contributed by atoms with Crippen LogP contribution in [0.15, 0.2) is 109 Å². The third kappa shape index (κ3) is 49.8. The molecule has 4 atom stereocenters. The van der Waals surface area contributed by atoms with E-state index in [0.29, 0.717) is 19.8 Å². The van der Waals surface area contributed by atoms with Crippen molar-refractivity contribution < 1.29 is 40.7 Å². The molecule has 0 radical (unpaired) electrons. The third-order valence-corrected chi connectivity index (χ3v) is 30.5. The average molecular weight is 1890 g/mol. The predicted octanol–water partition coefficient (Wildman–Crippen LogP) is 41.7. The molecule has 0 fully saturated rings. The molecule has 0 aliphatic rings. The Morgan fingerprint density at radius 3 is 0.684 bits per heavy atom. The fourth-order valence-corrected chi connectivity index (χ4v) is 21.9. The highest BCUT2D eigenvalue weighted by molar-refractivity contribution is 7.43. The molecular weight excluding hydrogens is 1690 g/mol. The zero-order valence-electron chi connectivity index (χ0n) is 89.2. The molecule has 4 unspecified atom stereocenters. The molecule has 0 spiro atoms. The lowest BCUT2D eigenvalue weighted by Crippen LogP contribution is -2.19. The van der Waals surface area contributed by atoms with Crippen molar-refractivity contribution in [1.82, 2.24) is 0 Å². The zero-order chi connectivity index (χ0) is 96.0. The first-order valence-electron chi connectivity index (χ1n) is 55.5. The smallest absolute Gasteiger partial charge is 0.418 e. The molecule has 0 aliphatic heterocycles. The van der Waals surface area contributed by atoms with Gasteiger partial charge in [0, 0.05) is 22.6 Å². The second kappa shape index (κ2) is 70.0. The summed E-state index contributed by atoms with van der Waals surface area (Å²) in [6.45, 7) is 46.0. The van der Waals surface area contributed by atoms with E-state index in [1.807, 2.05) is 0 Å². The largest absolute Gasteiger partial charge is 0.463 e. The molecule has 0 saturated carbocycles. The third-order valence-electron chi connectivity index (χ3n) is 27.2. The first-order valence-corrected chi connectivity index (χ1v) is 58.8. The maximum Gasteiger partial charge on any atom is 0.463 e. The van der Waals surface area contributed by atoms with E-state index in [1.54, 1.807) is 0 Å². The molecule has 6 rings (SSSR count). The molecule has 133 heavy (non-hydrogen) atoms. The van der Waals surface area contributed by atoms with Gasteiger partial charge in [-0.3, -0.25) is 13.6 Å². The lowest BCUT2D eigenvalue weighted by Gasteiger charge is -2.33. The summed E-state index contributed by atoms with van der Waals surface area (Å²) < 4.78 is 64.1. The molecule has 0 aliphatic carbocycles. The summed E-state index contributed by atoms with van der Waals surface area (Å²) in [6, 6.07) is 40.7. The summed E-state index contributed by atoms with van der Waals surface area (Å²) in [6.07, 6.45) is 72.8. The van der Waals surface area contributed by atoms with Crippen LogP contribution in [-0.4, -0.2) is 19.8 Å². The molecular formula is C121H199O9P3. The van der Waals surface area contributed by atoms with E-state index in [1.165, 1.54) is 347 Å². The van der Waals surface area contributed by atoms with Crippen LogP contribution < -0.4 is 27.1 Å². The SMILES string of the molecule is CCCCCCCCCCCCCOP(Oc1cccc(CCCCCCCCC)c1)Oc1cc(C)c(C(C)CC(c2cc(C(C)(C)C)c(OP(OCCCCCCCCCCCCC)Oc3cccc(CCCCCCCCC)c3)cc2C)c2cc(C(C)(C)C)c(OP(OCCCCCCCCCCCCC)Oc3cccc(CCCCCCCCC)c3)cc2C)cc1C(C)(C)C. The Morgan fingerprint density at radius 2 is 0.451 bits per heavy atom. The van der Waals surface area contributed by atoms with Gasteiger partial charge in [0.15, 0.2) is 0 Å². The van der Waals surface area contributed by atoms with Gasteiger partial charge in [-0.1, -0.05) is 474 Å². The van der Waals surface area contributed by atoms with Gasteiger partial charge >= 0.3 is 25.8 Å². The van der Waals surface area contributed by atoms with E-state index in [0.717, 1.165) is 127 Å². The second-order valence-electron chi connectivity index (χ2n) is 42.9. The molecule has 0 heterocycles. The number of hydrogen-bond acceptors (Lipinski definition) is 9. The number of rotatable bonds is 80. The van der Waals surface area contributed by atoms with Crippen LogP contribution in [-0.2, 0) is 49.1 Å². The summed E-state index contributed by atoms with van der Waals surface area (Å²) in [5.41, 5.74) is 13.7. The van der Waals surface area contributed by atoms with Crippen molar-refractivity contribution >= 4 is 25.8 Å². The van der Waals surface area contributed by atoms with E-state index in [-0.39, 0.29) is 28.1 Å².